The van der Waals surface area contributed by atoms with Crippen LogP contribution in [0.5, 0.6) is 0 Å². The minimum absolute atomic E-state index is 0.387. The maximum Gasteiger partial charge on any atom is 0.0914 e. The highest BCUT2D eigenvalue weighted by Gasteiger charge is 2.41. The van der Waals surface area contributed by atoms with Crippen molar-refractivity contribution in [1.82, 2.24) is 5.32 Å². The van der Waals surface area contributed by atoms with E-state index in [0.29, 0.717) is 12.6 Å². The Hall–Kier alpha value is -0.860. The van der Waals surface area contributed by atoms with E-state index >= 15 is 0 Å². The Balaban J connectivity index is 1.49. The Labute approximate surface area is 116 Å². The average Bonchev–Trinajstić information content (AvgIpc) is 3.08. The van der Waals surface area contributed by atoms with E-state index in [9.17, 15) is 5.11 Å². The molecule has 0 aromatic heterocycles. The molecular formula is C17H25NO. The van der Waals surface area contributed by atoms with E-state index in [1.165, 1.54) is 25.7 Å². The Morgan fingerprint density at radius 1 is 1.21 bits per heavy atom. The fraction of sp³-hybridized carbons (Fsp3) is 0.647. The van der Waals surface area contributed by atoms with E-state index in [2.05, 4.69) is 12.2 Å². The van der Waals surface area contributed by atoms with Crippen LogP contribution in [-0.2, 0) is 0 Å². The zero-order valence-electron chi connectivity index (χ0n) is 11.8. The topological polar surface area (TPSA) is 32.3 Å². The molecule has 0 spiro atoms. The predicted octanol–water partition coefficient (Wildman–Crippen LogP) is 3.13. The Morgan fingerprint density at radius 2 is 2.00 bits per heavy atom. The fourth-order valence-electron chi connectivity index (χ4n) is 4.15. The van der Waals surface area contributed by atoms with Gasteiger partial charge in [-0.25, -0.2) is 0 Å². The van der Waals surface area contributed by atoms with Crippen LogP contribution in [-0.4, -0.2) is 17.7 Å². The van der Waals surface area contributed by atoms with Gasteiger partial charge in [0, 0.05) is 12.6 Å². The summed E-state index contributed by atoms with van der Waals surface area (Å²) in [5.74, 6) is 2.78. The summed E-state index contributed by atoms with van der Waals surface area (Å²) in [6.45, 7) is 2.96. The van der Waals surface area contributed by atoms with Crippen molar-refractivity contribution in [3.05, 3.63) is 35.9 Å². The SMILES string of the molecule is C[C@@H](NC[C@@H](O)c1ccccc1)[C@@H]1C[C@@H]2CC[C@@H]1C2. The lowest BCUT2D eigenvalue weighted by Gasteiger charge is -2.29. The number of aliphatic hydroxyl groups excluding tert-OH is 1. The third kappa shape index (κ3) is 2.85. The van der Waals surface area contributed by atoms with Crippen LogP contribution in [0.2, 0.25) is 0 Å². The van der Waals surface area contributed by atoms with Gasteiger partial charge in [0.05, 0.1) is 6.10 Å². The number of hydrogen-bond donors (Lipinski definition) is 2. The molecule has 2 aliphatic carbocycles. The fourth-order valence-corrected chi connectivity index (χ4v) is 4.15. The van der Waals surface area contributed by atoms with Crippen molar-refractivity contribution < 1.29 is 5.11 Å². The number of nitrogens with one attached hydrogen (secondary N) is 1. The third-order valence-electron chi connectivity index (χ3n) is 5.25. The summed E-state index contributed by atoms with van der Waals surface area (Å²) < 4.78 is 0. The van der Waals surface area contributed by atoms with Crippen molar-refractivity contribution in [3.8, 4) is 0 Å². The van der Waals surface area contributed by atoms with Gasteiger partial charge in [-0.2, -0.15) is 0 Å². The van der Waals surface area contributed by atoms with Gasteiger partial charge in [-0.1, -0.05) is 36.8 Å². The quantitative estimate of drug-likeness (QED) is 0.851. The van der Waals surface area contributed by atoms with Crippen LogP contribution in [0.25, 0.3) is 0 Å². The summed E-state index contributed by atoms with van der Waals surface area (Å²) >= 11 is 0. The van der Waals surface area contributed by atoms with E-state index in [1.807, 2.05) is 30.3 Å². The molecular weight excluding hydrogens is 234 g/mol. The summed E-state index contributed by atoms with van der Waals surface area (Å²) in [5.41, 5.74) is 1.01. The molecule has 1 aromatic rings. The molecule has 0 amide bonds. The summed E-state index contributed by atoms with van der Waals surface area (Å²) in [6.07, 6.45) is 5.36. The van der Waals surface area contributed by atoms with Gasteiger partial charge in [-0.3, -0.25) is 0 Å². The highest BCUT2D eigenvalue weighted by molar-refractivity contribution is 5.17. The summed E-state index contributed by atoms with van der Waals surface area (Å²) in [4.78, 5) is 0. The van der Waals surface area contributed by atoms with Gasteiger partial charge in [0.1, 0.15) is 0 Å². The highest BCUT2D eigenvalue weighted by Crippen LogP contribution is 2.49. The van der Waals surface area contributed by atoms with Crippen molar-refractivity contribution in [3.63, 3.8) is 0 Å². The lowest BCUT2D eigenvalue weighted by atomic mass is 9.84. The summed E-state index contributed by atoms with van der Waals surface area (Å²) in [6, 6.07) is 10.5. The van der Waals surface area contributed by atoms with Gasteiger partial charge < -0.3 is 10.4 Å². The van der Waals surface area contributed by atoms with Crippen molar-refractivity contribution in [2.45, 2.75) is 44.8 Å². The molecule has 3 rings (SSSR count). The van der Waals surface area contributed by atoms with Crippen LogP contribution in [0.15, 0.2) is 30.3 Å². The Bertz CT molecular complexity index is 405. The zero-order valence-corrected chi connectivity index (χ0v) is 11.8. The van der Waals surface area contributed by atoms with E-state index in [1.54, 1.807) is 0 Å². The van der Waals surface area contributed by atoms with Crippen molar-refractivity contribution in [2.75, 3.05) is 6.54 Å². The molecule has 0 radical (unpaired) electrons. The minimum Gasteiger partial charge on any atom is -0.387 e. The Morgan fingerprint density at radius 3 is 2.63 bits per heavy atom. The number of fused-ring (bicyclic) bond motifs is 2. The normalized spacial score (nSPS) is 32.4. The molecule has 104 valence electrons. The molecule has 5 atom stereocenters. The average molecular weight is 259 g/mol. The first-order valence-electron chi connectivity index (χ1n) is 7.70. The third-order valence-corrected chi connectivity index (χ3v) is 5.25. The van der Waals surface area contributed by atoms with Crippen molar-refractivity contribution in [2.24, 2.45) is 17.8 Å². The van der Waals surface area contributed by atoms with Crippen LogP contribution >= 0.6 is 0 Å². The lowest BCUT2D eigenvalue weighted by Crippen LogP contribution is -2.38. The van der Waals surface area contributed by atoms with Gasteiger partial charge in [-0.05, 0) is 49.5 Å². The molecule has 2 heteroatoms. The lowest BCUT2D eigenvalue weighted by molar-refractivity contribution is 0.158. The number of hydrogen-bond acceptors (Lipinski definition) is 2. The number of aliphatic hydroxyl groups is 1. The second-order valence-corrected chi connectivity index (χ2v) is 6.46. The van der Waals surface area contributed by atoms with E-state index < -0.39 is 0 Å². The minimum atomic E-state index is -0.387. The molecule has 0 aliphatic heterocycles. The smallest absolute Gasteiger partial charge is 0.0914 e. The van der Waals surface area contributed by atoms with E-state index in [0.717, 1.165) is 23.3 Å². The monoisotopic (exact) mass is 259 g/mol. The van der Waals surface area contributed by atoms with E-state index in [4.69, 9.17) is 0 Å². The highest BCUT2D eigenvalue weighted by atomic mass is 16.3. The first-order chi connectivity index (χ1) is 9.24. The molecule has 2 aliphatic rings. The number of rotatable bonds is 5. The molecule has 2 bridgehead atoms. The summed E-state index contributed by atoms with van der Waals surface area (Å²) in [5, 5.41) is 13.7. The predicted molar refractivity (Wildman–Crippen MR) is 77.8 cm³/mol. The van der Waals surface area contributed by atoms with Crippen LogP contribution in [0.1, 0.15) is 44.3 Å². The van der Waals surface area contributed by atoms with E-state index in [-0.39, 0.29) is 6.10 Å². The van der Waals surface area contributed by atoms with Gasteiger partial charge in [0.25, 0.3) is 0 Å². The van der Waals surface area contributed by atoms with Crippen LogP contribution < -0.4 is 5.32 Å². The van der Waals surface area contributed by atoms with Crippen LogP contribution in [0.3, 0.4) is 0 Å². The first kappa shape index (κ1) is 13.1. The molecule has 2 N–H and O–H groups in total. The van der Waals surface area contributed by atoms with Gasteiger partial charge in [0.15, 0.2) is 0 Å². The van der Waals surface area contributed by atoms with Crippen LogP contribution in [0.4, 0.5) is 0 Å². The molecule has 2 fully saturated rings. The van der Waals surface area contributed by atoms with Gasteiger partial charge >= 0.3 is 0 Å². The van der Waals surface area contributed by atoms with Gasteiger partial charge in [0.2, 0.25) is 0 Å². The van der Waals surface area contributed by atoms with Crippen LogP contribution in [0, 0.1) is 17.8 Å². The molecule has 1 aromatic carbocycles. The zero-order chi connectivity index (χ0) is 13.2. The first-order valence-corrected chi connectivity index (χ1v) is 7.70. The molecule has 19 heavy (non-hydrogen) atoms. The molecule has 0 saturated heterocycles. The molecule has 2 nitrogen and oxygen atoms in total. The molecule has 2 saturated carbocycles. The van der Waals surface area contributed by atoms with Gasteiger partial charge in [-0.15, -0.1) is 0 Å². The second-order valence-electron chi connectivity index (χ2n) is 6.46. The maximum atomic E-state index is 10.2. The standard InChI is InChI=1S/C17H25NO/c1-12(16-10-13-7-8-15(16)9-13)18-11-17(19)14-5-3-2-4-6-14/h2-6,12-13,15-19H,7-11H2,1H3/t12-,13-,15-,16+,17-/m1/s1. The summed E-state index contributed by atoms with van der Waals surface area (Å²) in [7, 11) is 0. The van der Waals surface area contributed by atoms with Crippen molar-refractivity contribution in [1.29, 1.82) is 0 Å². The Kier molecular flexibility index (Phi) is 3.90. The molecule has 0 unspecified atom stereocenters. The maximum absolute atomic E-state index is 10.2. The van der Waals surface area contributed by atoms with Crippen molar-refractivity contribution >= 4 is 0 Å². The number of benzene rings is 1. The second kappa shape index (κ2) is 5.64. The largest absolute Gasteiger partial charge is 0.387 e. The molecule has 0 heterocycles.